The van der Waals surface area contributed by atoms with Gasteiger partial charge < -0.3 is 15.0 Å². The lowest BCUT2D eigenvalue weighted by atomic mass is 10.3. The van der Waals surface area contributed by atoms with E-state index >= 15 is 0 Å². The van der Waals surface area contributed by atoms with Gasteiger partial charge >= 0.3 is 0 Å². The summed E-state index contributed by atoms with van der Waals surface area (Å²) in [6.45, 7) is 2.74. The Kier molecular flexibility index (Phi) is 1.50. The fourth-order valence-corrected chi connectivity index (χ4v) is 1.71. The van der Waals surface area contributed by atoms with Crippen molar-refractivity contribution in [2.24, 2.45) is 0 Å². The number of ether oxygens (including phenoxy) is 1. The molecule has 4 heteroatoms. The van der Waals surface area contributed by atoms with Crippen LogP contribution in [0.5, 0.6) is 0 Å². The van der Waals surface area contributed by atoms with E-state index in [2.05, 4.69) is 10.2 Å². The number of rotatable bonds is 0. The molecule has 0 saturated carbocycles. The maximum Gasteiger partial charge on any atom is 0.171 e. The molecule has 0 bridgehead atoms. The summed E-state index contributed by atoms with van der Waals surface area (Å²) in [6.07, 6.45) is 1.33. The van der Waals surface area contributed by atoms with Gasteiger partial charge in [-0.25, -0.2) is 0 Å². The second-order valence-electron chi connectivity index (χ2n) is 2.54. The third-order valence-electron chi connectivity index (χ3n) is 1.92. The van der Waals surface area contributed by atoms with Crippen LogP contribution in [0.25, 0.3) is 0 Å². The van der Waals surface area contributed by atoms with Gasteiger partial charge in [0.05, 0.1) is 6.61 Å². The highest BCUT2D eigenvalue weighted by atomic mass is 32.1. The van der Waals surface area contributed by atoms with E-state index in [1.807, 2.05) is 0 Å². The van der Waals surface area contributed by atoms with Gasteiger partial charge in [-0.1, -0.05) is 0 Å². The van der Waals surface area contributed by atoms with Crippen molar-refractivity contribution in [2.75, 3.05) is 19.7 Å². The quantitative estimate of drug-likeness (QED) is 0.498. The maximum absolute atomic E-state index is 5.43. The van der Waals surface area contributed by atoms with E-state index in [0.29, 0.717) is 0 Å². The van der Waals surface area contributed by atoms with Crippen LogP contribution in [0.2, 0.25) is 0 Å². The number of nitrogens with zero attached hydrogens (tertiary/aromatic N) is 1. The lowest BCUT2D eigenvalue weighted by molar-refractivity contribution is 0.0497. The average Bonchev–Trinajstić information content (AvgIpc) is 2.36. The Morgan fingerprint density at radius 2 is 2.60 bits per heavy atom. The van der Waals surface area contributed by atoms with Crippen molar-refractivity contribution in [1.82, 2.24) is 10.2 Å². The van der Waals surface area contributed by atoms with Crippen LogP contribution < -0.4 is 5.32 Å². The molecule has 10 heavy (non-hydrogen) atoms. The van der Waals surface area contributed by atoms with Crippen LogP contribution in [0, 0.1) is 0 Å². The first-order valence-corrected chi connectivity index (χ1v) is 3.95. The van der Waals surface area contributed by atoms with Gasteiger partial charge in [-0.3, -0.25) is 0 Å². The van der Waals surface area contributed by atoms with Crippen LogP contribution in [0.4, 0.5) is 0 Å². The number of fused-ring (bicyclic) bond motifs is 1. The second kappa shape index (κ2) is 2.36. The number of hydrogen-bond acceptors (Lipinski definition) is 2. The Morgan fingerprint density at radius 3 is 3.40 bits per heavy atom. The van der Waals surface area contributed by atoms with Crippen molar-refractivity contribution >= 4 is 17.3 Å². The molecule has 2 aliphatic heterocycles. The summed E-state index contributed by atoms with van der Waals surface area (Å²) in [7, 11) is 0. The lowest BCUT2D eigenvalue weighted by Crippen LogP contribution is -2.49. The van der Waals surface area contributed by atoms with E-state index in [9.17, 15) is 0 Å². The summed E-state index contributed by atoms with van der Waals surface area (Å²) >= 11 is 5.08. The first-order valence-electron chi connectivity index (χ1n) is 3.54. The molecule has 2 aliphatic rings. The highest BCUT2D eigenvalue weighted by Gasteiger charge is 2.29. The maximum atomic E-state index is 5.43. The predicted octanol–water partition coefficient (Wildman–Crippen LogP) is -0.0771. The standard InChI is InChI=1S/C6H10N2OS/c10-6-7-2-1-5-8(6)3-4-9-5/h5H,1-4H2,(H,7,10). The highest BCUT2D eigenvalue weighted by Crippen LogP contribution is 2.15. The molecule has 0 spiro atoms. The van der Waals surface area contributed by atoms with Gasteiger partial charge in [0.2, 0.25) is 0 Å². The van der Waals surface area contributed by atoms with Crippen LogP contribution >= 0.6 is 12.2 Å². The fraction of sp³-hybridized carbons (Fsp3) is 0.833. The molecule has 56 valence electrons. The predicted molar refractivity (Wildman–Crippen MR) is 41.7 cm³/mol. The molecule has 1 unspecified atom stereocenters. The van der Waals surface area contributed by atoms with E-state index in [4.69, 9.17) is 17.0 Å². The first-order chi connectivity index (χ1) is 4.88. The summed E-state index contributed by atoms with van der Waals surface area (Å²) in [4.78, 5) is 2.11. The molecule has 0 aromatic heterocycles. The molecule has 1 atom stereocenters. The van der Waals surface area contributed by atoms with Crippen molar-refractivity contribution in [3.05, 3.63) is 0 Å². The van der Waals surface area contributed by atoms with Crippen LogP contribution in [0.3, 0.4) is 0 Å². The lowest BCUT2D eigenvalue weighted by Gasteiger charge is -2.30. The SMILES string of the molecule is S=C1NCCC2OCCN12. The Labute approximate surface area is 65.3 Å². The Bertz CT molecular complexity index is 162. The Balaban J connectivity index is 2.10. The Hall–Kier alpha value is -0.350. The molecule has 2 saturated heterocycles. The largest absolute Gasteiger partial charge is 0.362 e. The molecule has 0 aromatic carbocycles. The zero-order chi connectivity index (χ0) is 6.97. The number of nitrogens with one attached hydrogen (secondary N) is 1. The van der Waals surface area contributed by atoms with Gasteiger partial charge in [0.1, 0.15) is 6.23 Å². The molecule has 0 aromatic rings. The van der Waals surface area contributed by atoms with Crippen LogP contribution in [0.15, 0.2) is 0 Å². The summed E-state index contributed by atoms with van der Waals surface area (Å²) < 4.78 is 5.43. The van der Waals surface area contributed by atoms with Crippen molar-refractivity contribution in [3.8, 4) is 0 Å². The molecule has 1 N–H and O–H groups in total. The van der Waals surface area contributed by atoms with Gasteiger partial charge in [0.15, 0.2) is 5.11 Å². The number of thiocarbonyl (C=S) groups is 1. The topological polar surface area (TPSA) is 24.5 Å². The molecule has 0 aliphatic carbocycles. The molecule has 2 rings (SSSR count). The summed E-state index contributed by atoms with van der Waals surface area (Å²) in [5.74, 6) is 0. The molecule has 0 amide bonds. The zero-order valence-electron chi connectivity index (χ0n) is 5.67. The van der Waals surface area contributed by atoms with Gasteiger partial charge in [0.25, 0.3) is 0 Å². The molecule has 0 radical (unpaired) electrons. The fourth-order valence-electron chi connectivity index (χ4n) is 1.40. The summed E-state index contributed by atoms with van der Waals surface area (Å²) in [5.41, 5.74) is 0. The van der Waals surface area contributed by atoms with E-state index in [0.717, 1.165) is 31.2 Å². The van der Waals surface area contributed by atoms with Crippen LogP contribution in [-0.4, -0.2) is 35.9 Å². The monoisotopic (exact) mass is 158 g/mol. The molecular formula is C6H10N2OS. The minimum atomic E-state index is 0.272. The van der Waals surface area contributed by atoms with E-state index in [-0.39, 0.29) is 6.23 Å². The summed E-state index contributed by atoms with van der Waals surface area (Å²) in [6, 6.07) is 0. The second-order valence-corrected chi connectivity index (χ2v) is 2.93. The van der Waals surface area contributed by atoms with Crippen molar-refractivity contribution in [3.63, 3.8) is 0 Å². The third kappa shape index (κ3) is 0.876. The van der Waals surface area contributed by atoms with Gasteiger partial charge in [-0.2, -0.15) is 0 Å². The smallest absolute Gasteiger partial charge is 0.171 e. The summed E-state index contributed by atoms with van der Waals surface area (Å²) in [5, 5.41) is 3.99. The molecule has 2 heterocycles. The van der Waals surface area contributed by atoms with Crippen molar-refractivity contribution in [1.29, 1.82) is 0 Å². The highest BCUT2D eigenvalue weighted by molar-refractivity contribution is 7.80. The molecule has 3 nitrogen and oxygen atoms in total. The average molecular weight is 158 g/mol. The van der Waals surface area contributed by atoms with E-state index < -0.39 is 0 Å². The Morgan fingerprint density at radius 1 is 1.70 bits per heavy atom. The van der Waals surface area contributed by atoms with Crippen LogP contribution in [-0.2, 0) is 4.74 Å². The van der Waals surface area contributed by atoms with Gasteiger partial charge in [0, 0.05) is 19.5 Å². The molecule has 2 fully saturated rings. The normalized spacial score (nSPS) is 31.8. The third-order valence-corrected chi connectivity index (χ3v) is 2.30. The zero-order valence-corrected chi connectivity index (χ0v) is 6.49. The van der Waals surface area contributed by atoms with E-state index in [1.165, 1.54) is 0 Å². The minimum absolute atomic E-state index is 0.272. The van der Waals surface area contributed by atoms with Crippen molar-refractivity contribution < 1.29 is 4.74 Å². The number of hydrogen-bond donors (Lipinski definition) is 1. The van der Waals surface area contributed by atoms with Gasteiger partial charge in [-0.05, 0) is 12.2 Å². The van der Waals surface area contributed by atoms with Gasteiger partial charge in [-0.15, -0.1) is 0 Å². The minimum Gasteiger partial charge on any atom is -0.362 e. The molecular weight excluding hydrogens is 148 g/mol. The van der Waals surface area contributed by atoms with Crippen molar-refractivity contribution in [2.45, 2.75) is 12.6 Å². The van der Waals surface area contributed by atoms with E-state index in [1.54, 1.807) is 0 Å². The van der Waals surface area contributed by atoms with Crippen LogP contribution in [0.1, 0.15) is 6.42 Å². The first kappa shape index (κ1) is 6.37.